The summed E-state index contributed by atoms with van der Waals surface area (Å²) in [6.45, 7) is 3.05. The zero-order chi connectivity index (χ0) is 14.8. The van der Waals surface area contributed by atoms with Crippen LogP contribution in [0.4, 0.5) is 0 Å². The third kappa shape index (κ3) is 3.21. The van der Waals surface area contributed by atoms with E-state index in [-0.39, 0.29) is 5.92 Å². The highest BCUT2D eigenvalue weighted by Gasteiger charge is 2.33. The van der Waals surface area contributed by atoms with Gasteiger partial charge in [-0.1, -0.05) is 35.3 Å². The molecule has 1 N–H and O–H groups in total. The molecule has 0 radical (unpaired) electrons. The van der Waals surface area contributed by atoms with Gasteiger partial charge in [-0.15, -0.1) is 0 Å². The van der Waals surface area contributed by atoms with Crippen molar-refractivity contribution in [2.45, 2.75) is 18.9 Å². The number of benzene rings is 1. The van der Waals surface area contributed by atoms with E-state index in [1.165, 1.54) is 0 Å². The molecule has 112 valence electrons. The Bertz CT molecular complexity index is 634. The fourth-order valence-electron chi connectivity index (χ4n) is 2.40. The van der Waals surface area contributed by atoms with Crippen molar-refractivity contribution in [3.63, 3.8) is 0 Å². The van der Waals surface area contributed by atoms with Crippen LogP contribution in [0.1, 0.15) is 18.7 Å². The molecule has 4 nitrogen and oxygen atoms in total. The standard InChI is InChI=1S/C14H15Cl2N3OS/c1-2-17-12-7-21-6-9(12)14-18-13(19-20-14)8-3-4-10(15)11(16)5-8/h3-5,9,12,17H,2,6-7H2,1H3. The van der Waals surface area contributed by atoms with Crippen LogP contribution in [0.15, 0.2) is 22.7 Å². The zero-order valence-corrected chi connectivity index (χ0v) is 13.8. The van der Waals surface area contributed by atoms with Crippen LogP contribution in [-0.2, 0) is 0 Å². The molecule has 2 unspecified atom stereocenters. The maximum absolute atomic E-state index is 6.03. The Morgan fingerprint density at radius 2 is 2.19 bits per heavy atom. The smallest absolute Gasteiger partial charge is 0.232 e. The maximum Gasteiger partial charge on any atom is 0.232 e. The van der Waals surface area contributed by atoms with Gasteiger partial charge < -0.3 is 9.84 Å². The molecule has 1 aliphatic rings. The maximum atomic E-state index is 6.03. The van der Waals surface area contributed by atoms with Gasteiger partial charge in [0.25, 0.3) is 0 Å². The van der Waals surface area contributed by atoms with Gasteiger partial charge in [0.15, 0.2) is 0 Å². The van der Waals surface area contributed by atoms with Crippen LogP contribution in [-0.4, -0.2) is 34.2 Å². The molecule has 1 aliphatic heterocycles. The molecule has 2 atom stereocenters. The second-order valence-corrected chi connectivity index (χ2v) is 6.78. The van der Waals surface area contributed by atoms with E-state index in [2.05, 4.69) is 22.4 Å². The van der Waals surface area contributed by atoms with Gasteiger partial charge in [0.05, 0.1) is 16.0 Å². The Labute approximate surface area is 137 Å². The van der Waals surface area contributed by atoms with E-state index in [0.29, 0.717) is 27.8 Å². The first-order chi connectivity index (χ1) is 10.2. The number of nitrogens with one attached hydrogen (secondary N) is 1. The molecule has 0 amide bonds. The van der Waals surface area contributed by atoms with Gasteiger partial charge in [-0.05, 0) is 24.7 Å². The van der Waals surface area contributed by atoms with Crippen LogP contribution < -0.4 is 5.32 Å². The van der Waals surface area contributed by atoms with Crippen molar-refractivity contribution in [3.8, 4) is 11.4 Å². The number of nitrogens with zero attached hydrogens (tertiary/aromatic N) is 2. The van der Waals surface area contributed by atoms with Gasteiger partial charge in [-0.2, -0.15) is 16.7 Å². The number of halogens is 2. The van der Waals surface area contributed by atoms with E-state index in [9.17, 15) is 0 Å². The van der Waals surface area contributed by atoms with Gasteiger partial charge >= 0.3 is 0 Å². The van der Waals surface area contributed by atoms with E-state index in [0.717, 1.165) is 23.6 Å². The first kappa shape index (κ1) is 15.2. The lowest BCUT2D eigenvalue weighted by atomic mass is 10.0. The quantitative estimate of drug-likeness (QED) is 0.913. The summed E-state index contributed by atoms with van der Waals surface area (Å²) in [7, 11) is 0. The molecule has 2 aromatic rings. The number of rotatable bonds is 4. The second-order valence-electron chi connectivity index (χ2n) is 4.89. The minimum absolute atomic E-state index is 0.263. The van der Waals surface area contributed by atoms with Crippen LogP contribution in [0.3, 0.4) is 0 Å². The zero-order valence-electron chi connectivity index (χ0n) is 11.5. The largest absolute Gasteiger partial charge is 0.339 e. The Morgan fingerprint density at radius 3 is 2.95 bits per heavy atom. The monoisotopic (exact) mass is 343 g/mol. The third-order valence-corrected chi connectivity index (χ3v) is 5.41. The molecule has 1 saturated heterocycles. The number of hydrogen-bond donors (Lipinski definition) is 1. The molecule has 1 aromatic heterocycles. The van der Waals surface area contributed by atoms with Crippen molar-refractivity contribution in [3.05, 3.63) is 34.1 Å². The van der Waals surface area contributed by atoms with Crippen molar-refractivity contribution in [1.29, 1.82) is 0 Å². The Kier molecular flexibility index (Phi) is 4.74. The molecule has 1 aromatic carbocycles. The Hall–Kier alpha value is -0.750. The summed E-state index contributed by atoms with van der Waals surface area (Å²) in [5.74, 6) is 3.57. The SMILES string of the molecule is CCNC1CSCC1c1nc(-c2ccc(Cl)c(Cl)c2)no1. The molecule has 0 aliphatic carbocycles. The molecule has 0 spiro atoms. The molecule has 7 heteroatoms. The lowest BCUT2D eigenvalue weighted by Crippen LogP contribution is -2.34. The van der Waals surface area contributed by atoms with Crippen molar-refractivity contribution >= 4 is 35.0 Å². The molecule has 3 rings (SSSR count). The summed E-state index contributed by atoms with van der Waals surface area (Å²) in [6, 6.07) is 5.72. The van der Waals surface area contributed by atoms with Crippen LogP contribution in [0.25, 0.3) is 11.4 Å². The molecule has 21 heavy (non-hydrogen) atoms. The number of likely N-dealkylation sites (N-methyl/N-ethyl adjacent to an activating group) is 1. The predicted octanol–water partition coefficient (Wildman–Crippen LogP) is 3.85. The highest BCUT2D eigenvalue weighted by molar-refractivity contribution is 7.99. The third-order valence-electron chi connectivity index (χ3n) is 3.48. The second kappa shape index (κ2) is 6.57. The van der Waals surface area contributed by atoms with Gasteiger partial charge in [0.2, 0.25) is 11.7 Å². The average molecular weight is 344 g/mol. The molecule has 2 heterocycles. The summed E-state index contributed by atoms with van der Waals surface area (Å²) in [6.07, 6.45) is 0. The summed E-state index contributed by atoms with van der Waals surface area (Å²) in [5, 5.41) is 8.55. The Morgan fingerprint density at radius 1 is 1.33 bits per heavy atom. The summed E-state index contributed by atoms with van der Waals surface area (Å²) < 4.78 is 5.46. The highest BCUT2D eigenvalue weighted by atomic mass is 35.5. The van der Waals surface area contributed by atoms with Crippen molar-refractivity contribution in [2.24, 2.45) is 0 Å². The predicted molar refractivity (Wildman–Crippen MR) is 87.3 cm³/mol. The first-order valence-electron chi connectivity index (χ1n) is 6.79. The van der Waals surface area contributed by atoms with Crippen LogP contribution in [0.2, 0.25) is 10.0 Å². The summed E-state index contributed by atoms with van der Waals surface area (Å²) >= 11 is 13.9. The van der Waals surface area contributed by atoms with E-state index in [1.54, 1.807) is 12.1 Å². The highest BCUT2D eigenvalue weighted by Crippen LogP contribution is 2.33. The van der Waals surface area contributed by atoms with E-state index >= 15 is 0 Å². The number of aromatic nitrogens is 2. The number of thioether (sulfide) groups is 1. The molecule has 0 saturated carbocycles. The summed E-state index contributed by atoms with van der Waals surface area (Å²) in [5.41, 5.74) is 0.810. The van der Waals surface area contributed by atoms with E-state index in [1.807, 2.05) is 17.8 Å². The Balaban J connectivity index is 1.84. The lowest BCUT2D eigenvalue weighted by Gasteiger charge is -2.15. The van der Waals surface area contributed by atoms with E-state index in [4.69, 9.17) is 27.7 Å². The fourth-order valence-corrected chi connectivity index (χ4v) is 4.07. The normalized spacial score (nSPS) is 21.9. The lowest BCUT2D eigenvalue weighted by molar-refractivity contribution is 0.340. The van der Waals surface area contributed by atoms with Gasteiger partial charge in [0.1, 0.15) is 0 Å². The van der Waals surface area contributed by atoms with Crippen molar-refractivity contribution < 1.29 is 4.52 Å². The first-order valence-corrected chi connectivity index (χ1v) is 8.70. The number of hydrogen-bond acceptors (Lipinski definition) is 5. The van der Waals surface area contributed by atoms with Gasteiger partial charge in [-0.25, -0.2) is 0 Å². The van der Waals surface area contributed by atoms with Crippen molar-refractivity contribution in [2.75, 3.05) is 18.1 Å². The molecule has 0 bridgehead atoms. The van der Waals surface area contributed by atoms with Gasteiger partial charge in [-0.3, -0.25) is 0 Å². The minimum atomic E-state index is 0.263. The average Bonchev–Trinajstić information content (AvgIpc) is 3.10. The van der Waals surface area contributed by atoms with Crippen LogP contribution >= 0.6 is 35.0 Å². The molecular formula is C14H15Cl2N3OS. The molecular weight excluding hydrogens is 329 g/mol. The molecule has 1 fully saturated rings. The summed E-state index contributed by atoms with van der Waals surface area (Å²) in [4.78, 5) is 4.53. The van der Waals surface area contributed by atoms with Gasteiger partial charge in [0, 0.05) is 23.1 Å². The van der Waals surface area contributed by atoms with Crippen LogP contribution in [0.5, 0.6) is 0 Å². The topological polar surface area (TPSA) is 51.0 Å². The minimum Gasteiger partial charge on any atom is -0.339 e. The fraction of sp³-hybridized carbons (Fsp3) is 0.429. The van der Waals surface area contributed by atoms with Crippen LogP contribution in [0, 0.1) is 0 Å². The van der Waals surface area contributed by atoms with Crippen molar-refractivity contribution in [1.82, 2.24) is 15.5 Å². The van der Waals surface area contributed by atoms with E-state index < -0.39 is 0 Å².